The van der Waals surface area contributed by atoms with Crippen LogP contribution in [0.3, 0.4) is 0 Å². The molecular formula is C16H17NO4. The summed E-state index contributed by atoms with van der Waals surface area (Å²) in [6, 6.07) is 12.0. The van der Waals surface area contributed by atoms with Crippen molar-refractivity contribution in [3.8, 4) is 11.5 Å². The predicted molar refractivity (Wildman–Crippen MR) is 79.9 cm³/mol. The van der Waals surface area contributed by atoms with E-state index in [-0.39, 0.29) is 12.5 Å². The van der Waals surface area contributed by atoms with Crippen LogP contribution in [0.4, 0.5) is 5.69 Å². The average molecular weight is 287 g/mol. The summed E-state index contributed by atoms with van der Waals surface area (Å²) in [4.78, 5) is 12.2. The molecular weight excluding hydrogens is 270 g/mol. The van der Waals surface area contributed by atoms with Crippen LogP contribution in [0.5, 0.6) is 11.5 Å². The van der Waals surface area contributed by atoms with Crippen LogP contribution in [0, 0.1) is 0 Å². The number of rotatable bonds is 5. The first-order chi connectivity index (χ1) is 10.2. The standard InChI is InChI=1S/C16H17NO4/c1-20-14-8-5-12(9-15(14)21-2)16(19)17-13-6-3-11(10-18)4-7-13/h3-9,18H,10H2,1-2H3,(H,17,19). The lowest BCUT2D eigenvalue weighted by Crippen LogP contribution is -2.12. The number of carbonyl (C=O) groups is 1. The molecule has 2 aromatic carbocycles. The Kier molecular flexibility index (Phi) is 4.79. The van der Waals surface area contributed by atoms with Gasteiger partial charge in [0, 0.05) is 11.3 Å². The number of ether oxygens (including phenoxy) is 2. The third-order valence-corrected chi connectivity index (χ3v) is 3.04. The van der Waals surface area contributed by atoms with Gasteiger partial charge in [0.25, 0.3) is 5.91 Å². The van der Waals surface area contributed by atoms with Crippen LogP contribution in [0.2, 0.25) is 0 Å². The largest absolute Gasteiger partial charge is 0.493 e. The van der Waals surface area contributed by atoms with E-state index in [0.717, 1.165) is 5.56 Å². The Labute approximate surface area is 123 Å². The van der Waals surface area contributed by atoms with Gasteiger partial charge in [-0.1, -0.05) is 12.1 Å². The van der Waals surface area contributed by atoms with Gasteiger partial charge in [-0.3, -0.25) is 4.79 Å². The topological polar surface area (TPSA) is 67.8 Å². The lowest BCUT2D eigenvalue weighted by molar-refractivity contribution is 0.102. The Bertz CT molecular complexity index is 623. The van der Waals surface area contributed by atoms with Crippen LogP contribution in [0.1, 0.15) is 15.9 Å². The minimum absolute atomic E-state index is 0.0239. The Hall–Kier alpha value is -2.53. The minimum Gasteiger partial charge on any atom is -0.493 e. The van der Waals surface area contributed by atoms with Gasteiger partial charge in [-0.25, -0.2) is 0 Å². The summed E-state index contributed by atoms with van der Waals surface area (Å²) in [7, 11) is 3.06. The number of hydrogen-bond donors (Lipinski definition) is 2. The van der Waals surface area contributed by atoms with Crippen LogP contribution in [-0.4, -0.2) is 25.2 Å². The first-order valence-electron chi connectivity index (χ1n) is 6.41. The molecule has 0 radical (unpaired) electrons. The lowest BCUT2D eigenvalue weighted by atomic mass is 10.1. The zero-order valence-electron chi connectivity index (χ0n) is 11.9. The van der Waals surface area contributed by atoms with E-state index < -0.39 is 0 Å². The number of carbonyl (C=O) groups excluding carboxylic acids is 1. The molecule has 0 aliphatic heterocycles. The maximum Gasteiger partial charge on any atom is 0.255 e. The van der Waals surface area contributed by atoms with Crippen molar-refractivity contribution in [2.24, 2.45) is 0 Å². The Morgan fingerprint density at radius 1 is 1.05 bits per heavy atom. The van der Waals surface area contributed by atoms with Crippen molar-refractivity contribution < 1.29 is 19.4 Å². The second kappa shape index (κ2) is 6.76. The molecule has 0 aromatic heterocycles. The third kappa shape index (κ3) is 3.52. The molecule has 0 bridgehead atoms. The Morgan fingerprint density at radius 3 is 2.29 bits per heavy atom. The first kappa shape index (κ1) is 14.9. The number of nitrogens with one attached hydrogen (secondary N) is 1. The Morgan fingerprint density at radius 2 is 1.71 bits per heavy atom. The number of amides is 1. The molecule has 0 saturated heterocycles. The van der Waals surface area contributed by atoms with Crippen LogP contribution in [0.25, 0.3) is 0 Å². The van der Waals surface area contributed by atoms with E-state index in [1.807, 2.05) is 0 Å². The summed E-state index contributed by atoms with van der Waals surface area (Å²) in [6.07, 6.45) is 0. The first-order valence-corrected chi connectivity index (χ1v) is 6.41. The molecule has 0 fully saturated rings. The van der Waals surface area contributed by atoms with E-state index in [1.165, 1.54) is 7.11 Å². The van der Waals surface area contributed by atoms with Crippen molar-refractivity contribution in [2.75, 3.05) is 19.5 Å². The zero-order valence-corrected chi connectivity index (χ0v) is 11.9. The molecule has 2 rings (SSSR count). The fraction of sp³-hybridized carbons (Fsp3) is 0.188. The van der Waals surface area contributed by atoms with Gasteiger partial charge in [-0.15, -0.1) is 0 Å². The molecule has 0 unspecified atom stereocenters. The van der Waals surface area contributed by atoms with E-state index in [4.69, 9.17) is 14.6 Å². The number of aliphatic hydroxyl groups is 1. The lowest BCUT2D eigenvalue weighted by Gasteiger charge is -2.10. The third-order valence-electron chi connectivity index (χ3n) is 3.04. The normalized spacial score (nSPS) is 10.0. The minimum atomic E-state index is -0.243. The summed E-state index contributed by atoms with van der Waals surface area (Å²) >= 11 is 0. The molecule has 5 nitrogen and oxygen atoms in total. The van der Waals surface area contributed by atoms with Crippen molar-refractivity contribution >= 4 is 11.6 Å². The number of anilines is 1. The summed E-state index contributed by atoms with van der Waals surface area (Å²) < 4.78 is 10.3. The molecule has 1 amide bonds. The van der Waals surface area contributed by atoms with Crippen molar-refractivity contribution in [3.05, 3.63) is 53.6 Å². The smallest absolute Gasteiger partial charge is 0.255 e. The van der Waals surface area contributed by atoms with Crippen LogP contribution >= 0.6 is 0 Å². The molecule has 0 atom stereocenters. The van der Waals surface area contributed by atoms with Crippen LogP contribution in [-0.2, 0) is 6.61 Å². The molecule has 110 valence electrons. The molecule has 5 heteroatoms. The average Bonchev–Trinajstić information content (AvgIpc) is 2.54. The molecule has 0 aliphatic carbocycles. The van der Waals surface area contributed by atoms with Gasteiger partial charge in [-0.2, -0.15) is 0 Å². The fourth-order valence-corrected chi connectivity index (χ4v) is 1.87. The highest BCUT2D eigenvalue weighted by Crippen LogP contribution is 2.27. The van der Waals surface area contributed by atoms with Crippen LogP contribution < -0.4 is 14.8 Å². The monoisotopic (exact) mass is 287 g/mol. The fourth-order valence-electron chi connectivity index (χ4n) is 1.87. The molecule has 0 spiro atoms. The van der Waals surface area contributed by atoms with Crippen molar-refractivity contribution in [1.29, 1.82) is 0 Å². The highest BCUT2D eigenvalue weighted by Gasteiger charge is 2.10. The highest BCUT2D eigenvalue weighted by atomic mass is 16.5. The van der Waals surface area contributed by atoms with Gasteiger partial charge in [-0.05, 0) is 35.9 Å². The highest BCUT2D eigenvalue weighted by molar-refractivity contribution is 6.04. The number of aliphatic hydroxyl groups excluding tert-OH is 1. The van der Waals surface area contributed by atoms with E-state index >= 15 is 0 Å². The number of benzene rings is 2. The van der Waals surface area contributed by atoms with Gasteiger partial charge >= 0.3 is 0 Å². The van der Waals surface area contributed by atoms with Crippen molar-refractivity contribution in [3.63, 3.8) is 0 Å². The second-order valence-electron chi connectivity index (χ2n) is 4.38. The quantitative estimate of drug-likeness (QED) is 0.886. The maximum atomic E-state index is 12.2. The van der Waals surface area contributed by atoms with Gasteiger partial charge in [0.05, 0.1) is 20.8 Å². The van der Waals surface area contributed by atoms with E-state index in [2.05, 4.69) is 5.32 Å². The van der Waals surface area contributed by atoms with E-state index in [1.54, 1.807) is 49.6 Å². The molecule has 2 aromatic rings. The van der Waals surface area contributed by atoms with Crippen molar-refractivity contribution in [2.45, 2.75) is 6.61 Å². The summed E-state index contributed by atoms with van der Waals surface area (Å²) in [5, 5.41) is 11.8. The summed E-state index contributed by atoms with van der Waals surface area (Å²) in [5.74, 6) is 0.829. The van der Waals surface area contributed by atoms with Crippen LogP contribution in [0.15, 0.2) is 42.5 Å². The maximum absolute atomic E-state index is 12.2. The van der Waals surface area contributed by atoms with E-state index in [0.29, 0.717) is 22.7 Å². The van der Waals surface area contributed by atoms with Crippen molar-refractivity contribution in [1.82, 2.24) is 0 Å². The SMILES string of the molecule is COc1ccc(C(=O)Nc2ccc(CO)cc2)cc1OC. The van der Waals surface area contributed by atoms with Gasteiger partial charge in [0.15, 0.2) is 11.5 Å². The Balaban J connectivity index is 2.15. The molecule has 0 heterocycles. The summed E-state index contributed by atoms with van der Waals surface area (Å²) in [6.45, 7) is -0.0239. The molecule has 21 heavy (non-hydrogen) atoms. The van der Waals surface area contributed by atoms with Gasteiger partial charge < -0.3 is 19.9 Å². The molecule has 2 N–H and O–H groups in total. The molecule has 0 saturated carbocycles. The van der Waals surface area contributed by atoms with Gasteiger partial charge in [0.1, 0.15) is 0 Å². The second-order valence-corrected chi connectivity index (χ2v) is 4.38. The zero-order chi connectivity index (χ0) is 15.2. The number of hydrogen-bond acceptors (Lipinski definition) is 4. The number of methoxy groups -OCH3 is 2. The van der Waals surface area contributed by atoms with E-state index in [9.17, 15) is 4.79 Å². The predicted octanol–water partition coefficient (Wildman–Crippen LogP) is 2.45. The van der Waals surface area contributed by atoms with Gasteiger partial charge in [0.2, 0.25) is 0 Å². The summed E-state index contributed by atoms with van der Waals surface area (Å²) in [5.41, 5.74) is 1.92. The molecule has 0 aliphatic rings.